The quantitative estimate of drug-likeness (QED) is 0.796. The van der Waals surface area contributed by atoms with Crippen LogP contribution in [0.1, 0.15) is 16.7 Å². The Morgan fingerprint density at radius 2 is 1.94 bits per heavy atom. The molecule has 0 saturated carbocycles. The van der Waals surface area contributed by atoms with Crippen LogP contribution in [0.2, 0.25) is 0 Å². The first-order chi connectivity index (χ1) is 8.24. The van der Waals surface area contributed by atoms with Crippen molar-refractivity contribution in [3.05, 3.63) is 66.0 Å². The van der Waals surface area contributed by atoms with Crippen LogP contribution in [0.15, 0.2) is 42.7 Å². The van der Waals surface area contributed by atoms with Crippen molar-refractivity contribution in [3.63, 3.8) is 0 Å². The van der Waals surface area contributed by atoms with Crippen LogP contribution in [0.5, 0.6) is 5.75 Å². The number of nitrogens with zero attached hydrogens (tertiary/aromatic N) is 1. The third-order valence-electron chi connectivity index (χ3n) is 2.46. The molecule has 0 fully saturated rings. The standard InChI is InChI=1S/C15H16NO/c1-12-8-13(2)10-15(9-12)17-7-5-14-4-3-6-16-11-14/h3-4,6-11H,5H2,1-2H3. The van der Waals surface area contributed by atoms with E-state index in [4.69, 9.17) is 4.74 Å². The Kier molecular flexibility index (Phi) is 3.76. The van der Waals surface area contributed by atoms with Gasteiger partial charge in [-0.3, -0.25) is 4.98 Å². The molecule has 87 valence electrons. The van der Waals surface area contributed by atoms with Gasteiger partial charge in [-0.05, 0) is 48.7 Å². The van der Waals surface area contributed by atoms with E-state index in [-0.39, 0.29) is 0 Å². The maximum Gasteiger partial charge on any atom is 0.140 e. The molecule has 1 heterocycles. The van der Waals surface area contributed by atoms with Crippen LogP contribution >= 0.6 is 0 Å². The van der Waals surface area contributed by atoms with Gasteiger partial charge in [-0.15, -0.1) is 0 Å². The minimum absolute atomic E-state index is 0.765. The lowest BCUT2D eigenvalue weighted by Crippen LogP contribution is -1.95. The lowest BCUT2D eigenvalue weighted by molar-refractivity contribution is 0.400. The highest BCUT2D eigenvalue weighted by molar-refractivity contribution is 5.33. The minimum Gasteiger partial charge on any atom is -0.486 e. The molecular weight excluding hydrogens is 210 g/mol. The molecule has 0 spiro atoms. The molecule has 1 aromatic heterocycles. The van der Waals surface area contributed by atoms with Crippen molar-refractivity contribution >= 4 is 0 Å². The molecule has 0 bridgehead atoms. The molecule has 0 aliphatic heterocycles. The largest absolute Gasteiger partial charge is 0.486 e. The molecule has 17 heavy (non-hydrogen) atoms. The van der Waals surface area contributed by atoms with Crippen molar-refractivity contribution < 1.29 is 4.74 Å². The SMILES string of the molecule is Cc1cc(C)cc(O[CH]Cc2cccnc2)c1. The first kappa shape index (κ1) is 11.6. The van der Waals surface area contributed by atoms with Gasteiger partial charge in [0.05, 0.1) is 0 Å². The van der Waals surface area contributed by atoms with Gasteiger partial charge in [0, 0.05) is 18.8 Å². The highest BCUT2D eigenvalue weighted by atomic mass is 16.5. The molecule has 0 unspecified atom stereocenters. The third kappa shape index (κ3) is 3.59. The van der Waals surface area contributed by atoms with E-state index in [2.05, 4.69) is 24.9 Å². The summed E-state index contributed by atoms with van der Waals surface area (Å²) < 4.78 is 5.62. The fourth-order valence-electron chi connectivity index (χ4n) is 1.75. The predicted octanol–water partition coefficient (Wildman–Crippen LogP) is 3.48. The molecule has 2 nitrogen and oxygen atoms in total. The Hall–Kier alpha value is -1.83. The molecule has 0 atom stereocenters. The lowest BCUT2D eigenvalue weighted by Gasteiger charge is -2.07. The monoisotopic (exact) mass is 226 g/mol. The molecule has 0 aliphatic rings. The second-order valence-electron chi connectivity index (χ2n) is 4.17. The molecule has 2 heteroatoms. The maximum absolute atomic E-state index is 5.62. The van der Waals surface area contributed by atoms with E-state index in [1.54, 1.807) is 6.20 Å². The van der Waals surface area contributed by atoms with Crippen LogP contribution in [0, 0.1) is 20.5 Å². The summed E-state index contributed by atoms with van der Waals surface area (Å²) in [6, 6.07) is 10.2. The van der Waals surface area contributed by atoms with Gasteiger partial charge in [0.1, 0.15) is 12.4 Å². The van der Waals surface area contributed by atoms with Crippen LogP contribution in [-0.2, 0) is 6.42 Å². The molecule has 0 aliphatic carbocycles. The highest BCUT2D eigenvalue weighted by Gasteiger charge is 1.98. The van der Waals surface area contributed by atoms with Crippen molar-refractivity contribution in [1.82, 2.24) is 4.98 Å². The smallest absolute Gasteiger partial charge is 0.140 e. The summed E-state index contributed by atoms with van der Waals surface area (Å²) >= 11 is 0. The zero-order chi connectivity index (χ0) is 12.1. The number of ether oxygens (including phenoxy) is 1. The molecule has 2 aromatic rings. The zero-order valence-electron chi connectivity index (χ0n) is 10.2. The van der Waals surface area contributed by atoms with Gasteiger partial charge in [-0.1, -0.05) is 12.1 Å². The average molecular weight is 226 g/mol. The van der Waals surface area contributed by atoms with E-state index in [1.165, 1.54) is 11.1 Å². The van der Waals surface area contributed by atoms with E-state index in [1.807, 2.05) is 37.1 Å². The van der Waals surface area contributed by atoms with Crippen LogP contribution in [-0.4, -0.2) is 4.98 Å². The Morgan fingerprint density at radius 1 is 1.18 bits per heavy atom. The number of hydrogen-bond donors (Lipinski definition) is 0. The van der Waals surface area contributed by atoms with Crippen molar-refractivity contribution in [1.29, 1.82) is 0 Å². The van der Waals surface area contributed by atoms with Crippen molar-refractivity contribution in [2.75, 3.05) is 0 Å². The summed E-state index contributed by atoms with van der Waals surface area (Å²) in [5.74, 6) is 0.895. The second-order valence-corrected chi connectivity index (χ2v) is 4.17. The average Bonchev–Trinajstić information content (AvgIpc) is 2.29. The first-order valence-corrected chi connectivity index (χ1v) is 5.69. The fourth-order valence-corrected chi connectivity index (χ4v) is 1.75. The molecule has 0 N–H and O–H groups in total. The van der Waals surface area contributed by atoms with Gasteiger partial charge in [0.25, 0.3) is 0 Å². The van der Waals surface area contributed by atoms with E-state index >= 15 is 0 Å². The molecule has 0 saturated heterocycles. The summed E-state index contributed by atoms with van der Waals surface area (Å²) in [7, 11) is 0. The van der Waals surface area contributed by atoms with Gasteiger partial charge in [-0.25, -0.2) is 0 Å². The fraction of sp³-hybridized carbons (Fsp3) is 0.200. The summed E-state index contributed by atoms with van der Waals surface area (Å²) in [5, 5.41) is 0. The molecular formula is C15H16NO. The Bertz CT molecular complexity index is 459. The Morgan fingerprint density at radius 3 is 2.59 bits per heavy atom. The summed E-state index contributed by atoms with van der Waals surface area (Å²) in [4.78, 5) is 4.06. The minimum atomic E-state index is 0.765. The number of benzene rings is 1. The molecule has 1 radical (unpaired) electrons. The van der Waals surface area contributed by atoms with E-state index in [0.29, 0.717) is 0 Å². The molecule has 2 rings (SSSR count). The number of rotatable bonds is 4. The van der Waals surface area contributed by atoms with Crippen LogP contribution in [0.4, 0.5) is 0 Å². The van der Waals surface area contributed by atoms with Gasteiger partial charge >= 0.3 is 0 Å². The van der Waals surface area contributed by atoms with Crippen molar-refractivity contribution in [3.8, 4) is 5.75 Å². The molecule has 1 aromatic carbocycles. The van der Waals surface area contributed by atoms with Crippen LogP contribution < -0.4 is 4.74 Å². The van der Waals surface area contributed by atoms with Crippen molar-refractivity contribution in [2.24, 2.45) is 0 Å². The van der Waals surface area contributed by atoms with Gasteiger partial charge in [-0.2, -0.15) is 0 Å². The van der Waals surface area contributed by atoms with E-state index in [0.717, 1.165) is 17.7 Å². The van der Waals surface area contributed by atoms with Gasteiger partial charge < -0.3 is 4.74 Å². The Balaban J connectivity index is 1.90. The summed E-state index contributed by atoms with van der Waals surface area (Å²) in [6.07, 6.45) is 4.39. The first-order valence-electron chi connectivity index (χ1n) is 5.69. The van der Waals surface area contributed by atoms with Crippen LogP contribution in [0.25, 0.3) is 0 Å². The van der Waals surface area contributed by atoms with Gasteiger partial charge in [0.2, 0.25) is 0 Å². The van der Waals surface area contributed by atoms with Crippen molar-refractivity contribution in [2.45, 2.75) is 20.3 Å². The normalized spacial score (nSPS) is 10.2. The summed E-state index contributed by atoms with van der Waals surface area (Å²) in [6.45, 7) is 5.95. The predicted molar refractivity (Wildman–Crippen MR) is 68.8 cm³/mol. The Labute approximate surface area is 102 Å². The zero-order valence-corrected chi connectivity index (χ0v) is 10.2. The number of aryl methyl sites for hydroxylation is 2. The maximum atomic E-state index is 5.62. The number of aromatic nitrogens is 1. The second kappa shape index (κ2) is 5.48. The van der Waals surface area contributed by atoms with Gasteiger partial charge in [0.15, 0.2) is 0 Å². The molecule has 0 amide bonds. The number of hydrogen-bond acceptors (Lipinski definition) is 2. The van der Waals surface area contributed by atoms with E-state index < -0.39 is 0 Å². The topological polar surface area (TPSA) is 22.1 Å². The third-order valence-corrected chi connectivity index (χ3v) is 2.46. The highest BCUT2D eigenvalue weighted by Crippen LogP contribution is 2.17. The summed E-state index contributed by atoms with van der Waals surface area (Å²) in [5.41, 5.74) is 3.58. The lowest BCUT2D eigenvalue weighted by atomic mass is 10.1. The van der Waals surface area contributed by atoms with Crippen LogP contribution in [0.3, 0.4) is 0 Å². The number of pyridine rings is 1. The van der Waals surface area contributed by atoms with E-state index in [9.17, 15) is 0 Å².